The number of amides is 1. The number of carbonyl (C=O) groups is 1. The number of fused-ring (bicyclic) bond motifs is 4. The van der Waals surface area contributed by atoms with Crippen LogP contribution in [-0.4, -0.2) is 25.3 Å². The maximum Gasteiger partial charge on any atom is 0.242 e. The van der Waals surface area contributed by atoms with Gasteiger partial charge in [-0.3, -0.25) is 4.79 Å². The molecule has 0 aromatic heterocycles. The Kier molecular flexibility index (Phi) is 4.07. The molecule has 1 fully saturated rings. The van der Waals surface area contributed by atoms with Gasteiger partial charge in [-0.1, -0.05) is 44.2 Å². The Labute approximate surface area is 159 Å². The molecule has 6 heteroatoms. The lowest BCUT2D eigenvalue weighted by Gasteiger charge is -2.46. The lowest BCUT2D eigenvalue weighted by Crippen LogP contribution is -2.63. The fourth-order valence-electron chi connectivity index (χ4n) is 4.10. The van der Waals surface area contributed by atoms with Gasteiger partial charge in [-0.25, -0.2) is 8.42 Å². The molecule has 1 N–H and O–H groups in total. The monoisotopic (exact) mass is 385 g/mol. The van der Waals surface area contributed by atoms with Crippen molar-refractivity contribution in [3.05, 3.63) is 59.7 Å². The number of sulfone groups is 1. The smallest absolute Gasteiger partial charge is 0.242 e. The number of rotatable bonds is 3. The molecule has 3 atom stereocenters. The van der Waals surface area contributed by atoms with Crippen LogP contribution in [0.15, 0.2) is 53.4 Å². The number of ether oxygens (including phenoxy) is 1. The normalized spacial score (nSPS) is 26.9. The van der Waals surface area contributed by atoms with Crippen molar-refractivity contribution in [1.82, 2.24) is 5.32 Å². The van der Waals surface area contributed by atoms with E-state index in [0.717, 1.165) is 11.1 Å². The number of hydrogen-bond donors (Lipinski definition) is 1. The van der Waals surface area contributed by atoms with E-state index in [1.807, 2.05) is 36.4 Å². The number of nitrogens with one attached hydrogen (secondary N) is 1. The van der Waals surface area contributed by atoms with Gasteiger partial charge in [0.2, 0.25) is 5.91 Å². The number of carbonyl (C=O) groups excluding carboxylic acids is 1. The van der Waals surface area contributed by atoms with E-state index in [4.69, 9.17) is 4.74 Å². The second-order valence-electron chi connectivity index (χ2n) is 7.86. The molecule has 1 saturated heterocycles. The zero-order chi connectivity index (χ0) is 19.4. The van der Waals surface area contributed by atoms with E-state index in [2.05, 4.69) is 19.2 Å². The fourth-order valence-corrected chi connectivity index (χ4v) is 5.93. The summed E-state index contributed by atoms with van der Waals surface area (Å²) in [5.74, 6) is -0.00548. The third-order valence-corrected chi connectivity index (χ3v) is 7.62. The molecule has 2 aliphatic rings. The Bertz CT molecular complexity index is 997. The minimum absolute atomic E-state index is 0.180. The van der Waals surface area contributed by atoms with E-state index >= 15 is 0 Å². The quantitative estimate of drug-likeness (QED) is 0.879. The average Bonchev–Trinajstić information content (AvgIpc) is 2.60. The molecule has 5 nitrogen and oxygen atoms in total. The van der Waals surface area contributed by atoms with Crippen molar-refractivity contribution >= 4 is 15.7 Å². The molecular weight excluding hydrogens is 362 g/mol. The van der Waals surface area contributed by atoms with Gasteiger partial charge < -0.3 is 10.1 Å². The Hall–Kier alpha value is -2.34. The molecule has 2 aromatic carbocycles. The van der Waals surface area contributed by atoms with Gasteiger partial charge in [-0.05, 0) is 42.2 Å². The van der Waals surface area contributed by atoms with Crippen LogP contribution in [0.2, 0.25) is 0 Å². The molecule has 2 heterocycles. The van der Waals surface area contributed by atoms with Gasteiger partial charge in [0.05, 0.1) is 4.90 Å². The highest BCUT2D eigenvalue weighted by Crippen LogP contribution is 2.47. The van der Waals surface area contributed by atoms with E-state index in [0.29, 0.717) is 18.1 Å². The topological polar surface area (TPSA) is 72.5 Å². The zero-order valence-electron chi connectivity index (χ0n) is 15.6. The predicted octanol–water partition coefficient (Wildman–Crippen LogP) is 3.36. The van der Waals surface area contributed by atoms with Crippen LogP contribution in [0.3, 0.4) is 0 Å². The van der Waals surface area contributed by atoms with Crippen LogP contribution in [0.1, 0.15) is 50.2 Å². The molecule has 0 aliphatic carbocycles. The highest BCUT2D eigenvalue weighted by molar-refractivity contribution is 7.92. The summed E-state index contributed by atoms with van der Waals surface area (Å²) in [6.45, 7) is 5.89. The molecule has 2 aromatic rings. The number of piperidine rings is 1. The highest BCUT2D eigenvalue weighted by atomic mass is 32.2. The van der Waals surface area contributed by atoms with Crippen LogP contribution in [-0.2, 0) is 14.6 Å². The van der Waals surface area contributed by atoms with Gasteiger partial charge in [0.1, 0.15) is 5.75 Å². The van der Waals surface area contributed by atoms with Crippen molar-refractivity contribution in [2.24, 2.45) is 0 Å². The van der Waals surface area contributed by atoms with Crippen LogP contribution in [0.4, 0.5) is 0 Å². The summed E-state index contributed by atoms with van der Waals surface area (Å²) in [5.41, 5.74) is 0.951. The summed E-state index contributed by atoms with van der Waals surface area (Å²) in [5, 5.41) is 1.61. The van der Waals surface area contributed by atoms with Crippen molar-refractivity contribution in [2.45, 2.75) is 54.9 Å². The van der Waals surface area contributed by atoms with Crippen LogP contribution >= 0.6 is 0 Å². The van der Waals surface area contributed by atoms with Gasteiger partial charge >= 0.3 is 0 Å². The summed E-state index contributed by atoms with van der Waals surface area (Å²) in [7, 11) is -3.84. The second kappa shape index (κ2) is 6.09. The highest BCUT2D eigenvalue weighted by Gasteiger charge is 2.53. The fraction of sp³-hybridized carbons (Fsp3) is 0.381. The standard InChI is InChI=1S/C21H23NO4S/c1-13(2)14-8-10-15(11-9-14)27(24,25)19-17-12-21(3,22-20(19)23)26-18-7-5-4-6-16(17)18/h4-11,13,17,19H,12H2,1-3H3,(H,22,23)/t17-,19+,21+/m0/s1. The van der Waals surface area contributed by atoms with Crippen LogP contribution in [0.5, 0.6) is 5.75 Å². The van der Waals surface area contributed by atoms with E-state index < -0.39 is 32.6 Å². The predicted molar refractivity (Wildman–Crippen MR) is 102 cm³/mol. The summed E-state index contributed by atoms with van der Waals surface area (Å²) >= 11 is 0. The van der Waals surface area contributed by atoms with Crippen molar-refractivity contribution in [2.75, 3.05) is 0 Å². The van der Waals surface area contributed by atoms with Gasteiger partial charge in [0.15, 0.2) is 20.8 Å². The Morgan fingerprint density at radius 2 is 1.78 bits per heavy atom. The molecule has 0 radical (unpaired) electrons. The molecule has 4 rings (SSSR count). The van der Waals surface area contributed by atoms with Gasteiger partial charge in [0, 0.05) is 12.3 Å². The lowest BCUT2D eigenvalue weighted by molar-refractivity contribution is -0.132. The van der Waals surface area contributed by atoms with Crippen molar-refractivity contribution in [1.29, 1.82) is 0 Å². The summed E-state index contributed by atoms with van der Waals surface area (Å²) in [6.07, 6.45) is 0.420. The van der Waals surface area contributed by atoms with E-state index in [1.54, 1.807) is 19.1 Å². The van der Waals surface area contributed by atoms with Crippen LogP contribution in [0.25, 0.3) is 0 Å². The molecule has 142 valence electrons. The van der Waals surface area contributed by atoms with Gasteiger partial charge in [-0.2, -0.15) is 0 Å². The third-order valence-electron chi connectivity index (χ3n) is 5.48. The first kappa shape index (κ1) is 18.0. The summed E-state index contributed by atoms with van der Waals surface area (Å²) < 4.78 is 32.7. The first-order valence-corrected chi connectivity index (χ1v) is 10.7. The molecule has 0 spiro atoms. The minimum Gasteiger partial charge on any atom is -0.468 e. The number of benzene rings is 2. The number of para-hydroxylation sites is 1. The largest absolute Gasteiger partial charge is 0.468 e. The van der Waals surface area contributed by atoms with E-state index in [-0.39, 0.29) is 4.90 Å². The molecule has 2 aliphatic heterocycles. The second-order valence-corrected chi connectivity index (χ2v) is 9.93. The Morgan fingerprint density at radius 3 is 2.44 bits per heavy atom. The van der Waals surface area contributed by atoms with Crippen molar-refractivity contribution in [3.63, 3.8) is 0 Å². The maximum absolute atomic E-state index is 13.4. The Morgan fingerprint density at radius 1 is 1.11 bits per heavy atom. The molecular formula is C21H23NO4S. The van der Waals surface area contributed by atoms with Crippen molar-refractivity contribution in [3.8, 4) is 5.75 Å². The van der Waals surface area contributed by atoms with Crippen molar-refractivity contribution < 1.29 is 17.9 Å². The first-order valence-electron chi connectivity index (χ1n) is 9.15. The average molecular weight is 385 g/mol. The molecule has 2 bridgehead atoms. The number of hydrogen-bond acceptors (Lipinski definition) is 4. The first-order chi connectivity index (χ1) is 12.7. The van der Waals surface area contributed by atoms with E-state index in [9.17, 15) is 13.2 Å². The zero-order valence-corrected chi connectivity index (χ0v) is 16.4. The molecule has 27 heavy (non-hydrogen) atoms. The molecule has 0 unspecified atom stereocenters. The summed E-state index contributed by atoms with van der Waals surface area (Å²) in [6, 6.07) is 14.2. The summed E-state index contributed by atoms with van der Waals surface area (Å²) in [4.78, 5) is 13.0. The Balaban J connectivity index is 1.79. The van der Waals surface area contributed by atoms with Gasteiger partial charge in [0.25, 0.3) is 0 Å². The lowest BCUT2D eigenvalue weighted by atomic mass is 9.81. The SMILES string of the molecule is CC(C)c1ccc(S(=O)(=O)[C@H]2C(=O)N[C@@]3(C)C[C@H]2c2ccccc2O3)cc1. The maximum atomic E-state index is 13.4. The molecule has 0 saturated carbocycles. The van der Waals surface area contributed by atoms with Crippen LogP contribution < -0.4 is 10.1 Å². The van der Waals surface area contributed by atoms with Gasteiger partial charge in [-0.15, -0.1) is 0 Å². The molecule has 1 amide bonds. The van der Waals surface area contributed by atoms with E-state index in [1.165, 1.54) is 0 Å². The third kappa shape index (κ3) is 2.92. The minimum atomic E-state index is -3.84. The van der Waals surface area contributed by atoms with Crippen LogP contribution in [0, 0.1) is 0 Å².